The highest BCUT2D eigenvalue weighted by molar-refractivity contribution is 9.10. The fourth-order valence-corrected chi connectivity index (χ4v) is 2.71. The minimum atomic E-state index is -0.345. The first kappa shape index (κ1) is 21.8. The molecule has 0 spiro atoms. The van der Waals surface area contributed by atoms with Crippen molar-refractivity contribution in [2.45, 2.75) is 26.7 Å². The molecule has 0 radical (unpaired) electrons. The van der Waals surface area contributed by atoms with Crippen LogP contribution in [0.25, 0.3) is 0 Å². The minimum absolute atomic E-state index is 0.345. The van der Waals surface area contributed by atoms with Crippen LogP contribution >= 0.6 is 15.9 Å². The van der Waals surface area contributed by atoms with Gasteiger partial charge in [0.05, 0.1) is 26.5 Å². The monoisotopic (exact) mass is 448 g/mol. The third kappa shape index (κ3) is 6.27. The van der Waals surface area contributed by atoms with E-state index in [1.165, 1.54) is 0 Å². The summed E-state index contributed by atoms with van der Waals surface area (Å²) in [4.78, 5) is 12.4. The number of hydrogen-bond donors (Lipinski definition) is 1. The standard InChI is InChI=1S/C21H25BrN2O4/c1-4-10-27-18-9-7-17(22)12-16(18)14-23-24-21(25)15-6-8-19(28-11-5-2)20(13-15)26-3/h6-9,12-14H,4-5,10-11H2,1-3H3,(H,24,25)/b23-14+. The van der Waals surface area contributed by atoms with Gasteiger partial charge < -0.3 is 14.2 Å². The Kier molecular flexibility index (Phi) is 8.81. The van der Waals surface area contributed by atoms with Crippen LogP contribution in [-0.2, 0) is 0 Å². The number of methoxy groups -OCH3 is 1. The summed E-state index contributed by atoms with van der Waals surface area (Å²) in [6, 6.07) is 10.7. The van der Waals surface area contributed by atoms with Gasteiger partial charge in [-0.1, -0.05) is 29.8 Å². The van der Waals surface area contributed by atoms with Crippen LogP contribution in [0.4, 0.5) is 0 Å². The lowest BCUT2D eigenvalue weighted by molar-refractivity contribution is 0.0954. The van der Waals surface area contributed by atoms with E-state index in [0.29, 0.717) is 36.0 Å². The van der Waals surface area contributed by atoms with Gasteiger partial charge in [-0.3, -0.25) is 4.79 Å². The van der Waals surface area contributed by atoms with Gasteiger partial charge in [0.25, 0.3) is 5.91 Å². The minimum Gasteiger partial charge on any atom is -0.493 e. The highest BCUT2D eigenvalue weighted by Gasteiger charge is 2.11. The summed E-state index contributed by atoms with van der Waals surface area (Å²) in [7, 11) is 1.54. The van der Waals surface area contributed by atoms with Crippen LogP contribution in [0.5, 0.6) is 17.2 Å². The third-order valence-electron chi connectivity index (χ3n) is 3.69. The van der Waals surface area contributed by atoms with E-state index < -0.39 is 0 Å². The molecule has 0 aliphatic rings. The van der Waals surface area contributed by atoms with Crippen LogP contribution in [0.2, 0.25) is 0 Å². The molecular weight excluding hydrogens is 424 g/mol. The average Bonchev–Trinajstić information content (AvgIpc) is 2.71. The molecule has 28 heavy (non-hydrogen) atoms. The van der Waals surface area contributed by atoms with Gasteiger partial charge >= 0.3 is 0 Å². The molecule has 7 heteroatoms. The normalized spacial score (nSPS) is 10.7. The van der Waals surface area contributed by atoms with Crippen LogP contribution in [0.3, 0.4) is 0 Å². The van der Waals surface area contributed by atoms with Crippen molar-refractivity contribution < 1.29 is 19.0 Å². The summed E-state index contributed by atoms with van der Waals surface area (Å²) in [6.07, 6.45) is 3.35. The molecule has 0 unspecified atom stereocenters. The molecular formula is C21H25BrN2O4. The maximum absolute atomic E-state index is 12.4. The molecule has 2 aromatic carbocycles. The number of carbonyl (C=O) groups excluding carboxylic acids is 1. The Morgan fingerprint density at radius 2 is 1.71 bits per heavy atom. The van der Waals surface area contributed by atoms with Crippen molar-refractivity contribution in [3.63, 3.8) is 0 Å². The predicted octanol–water partition coefficient (Wildman–Crippen LogP) is 4.80. The SMILES string of the molecule is CCCOc1ccc(Br)cc1/C=N/NC(=O)c1ccc(OCCC)c(OC)c1. The Bertz CT molecular complexity index is 824. The fourth-order valence-electron chi connectivity index (χ4n) is 2.33. The van der Waals surface area contributed by atoms with Crippen LogP contribution in [-0.4, -0.2) is 32.4 Å². The smallest absolute Gasteiger partial charge is 0.271 e. The number of benzene rings is 2. The first-order chi connectivity index (χ1) is 13.6. The zero-order valence-corrected chi connectivity index (χ0v) is 17.9. The zero-order chi connectivity index (χ0) is 20.4. The van der Waals surface area contributed by atoms with Gasteiger partial charge in [0, 0.05) is 15.6 Å². The van der Waals surface area contributed by atoms with Gasteiger partial charge in [0.15, 0.2) is 11.5 Å². The second-order valence-electron chi connectivity index (χ2n) is 5.94. The van der Waals surface area contributed by atoms with E-state index in [0.717, 1.165) is 22.9 Å². The first-order valence-electron chi connectivity index (χ1n) is 9.15. The highest BCUT2D eigenvalue weighted by Crippen LogP contribution is 2.28. The van der Waals surface area contributed by atoms with Crippen LogP contribution in [0.15, 0.2) is 46.0 Å². The summed E-state index contributed by atoms with van der Waals surface area (Å²) in [5.74, 6) is 1.48. The lowest BCUT2D eigenvalue weighted by atomic mass is 10.2. The first-order valence-corrected chi connectivity index (χ1v) is 9.94. The third-order valence-corrected chi connectivity index (χ3v) is 4.18. The number of carbonyl (C=O) groups is 1. The summed E-state index contributed by atoms with van der Waals surface area (Å²) in [5, 5.41) is 4.06. The van der Waals surface area contributed by atoms with E-state index in [-0.39, 0.29) is 5.91 Å². The van der Waals surface area contributed by atoms with Crippen molar-refractivity contribution >= 4 is 28.1 Å². The quantitative estimate of drug-likeness (QED) is 0.418. The van der Waals surface area contributed by atoms with Crippen molar-refractivity contribution in [2.24, 2.45) is 5.10 Å². The Morgan fingerprint density at radius 3 is 2.39 bits per heavy atom. The number of rotatable bonds is 10. The molecule has 150 valence electrons. The summed E-state index contributed by atoms with van der Waals surface area (Å²) in [5.41, 5.74) is 3.72. The molecule has 1 amide bonds. The molecule has 0 aliphatic heterocycles. The van der Waals surface area contributed by atoms with Crippen molar-refractivity contribution in [1.82, 2.24) is 5.43 Å². The Balaban J connectivity index is 2.08. The van der Waals surface area contributed by atoms with Crippen LogP contribution in [0, 0.1) is 0 Å². The van der Waals surface area contributed by atoms with Crippen molar-refractivity contribution in [3.05, 3.63) is 52.0 Å². The molecule has 0 saturated heterocycles. The van der Waals surface area contributed by atoms with Gasteiger partial charge in [-0.15, -0.1) is 0 Å². The molecule has 2 aromatic rings. The molecule has 0 heterocycles. The maximum Gasteiger partial charge on any atom is 0.271 e. The molecule has 0 bridgehead atoms. The molecule has 1 N–H and O–H groups in total. The van der Waals surface area contributed by atoms with Gasteiger partial charge in [-0.05, 0) is 49.2 Å². The molecule has 0 aliphatic carbocycles. The van der Waals surface area contributed by atoms with Crippen molar-refractivity contribution in [3.8, 4) is 17.2 Å². The number of halogens is 1. The van der Waals surface area contributed by atoms with E-state index in [2.05, 4.69) is 26.5 Å². The predicted molar refractivity (Wildman–Crippen MR) is 114 cm³/mol. The number of amides is 1. The molecule has 0 aromatic heterocycles. The topological polar surface area (TPSA) is 69.2 Å². The van der Waals surface area contributed by atoms with E-state index in [9.17, 15) is 4.79 Å². The Labute approximate surface area is 174 Å². The summed E-state index contributed by atoms with van der Waals surface area (Å²) < 4.78 is 17.5. The van der Waals surface area contributed by atoms with Gasteiger partial charge in [0.2, 0.25) is 0 Å². The van der Waals surface area contributed by atoms with Crippen LogP contribution in [0.1, 0.15) is 42.6 Å². The van der Waals surface area contributed by atoms with Gasteiger partial charge in [-0.25, -0.2) is 5.43 Å². The number of nitrogens with one attached hydrogen (secondary N) is 1. The molecule has 0 atom stereocenters. The van der Waals surface area contributed by atoms with E-state index in [4.69, 9.17) is 14.2 Å². The number of hydrogen-bond acceptors (Lipinski definition) is 5. The Morgan fingerprint density at radius 1 is 1.04 bits per heavy atom. The van der Waals surface area contributed by atoms with Crippen molar-refractivity contribution in [2.75, 3.05) is 20.3 Å². The van der Waals surface area contributed by atoms with Crippen LogP contribution < -0.4 is 19.6 Å². The second kappa shape index (κ2) is 11.3. The lowest BCUT2D eigenvalue weighted by Crippen LogP contribution is -2.17. The number of hydrazone groups is 1. The average molecular weight is 449 g/mol. The lowest BCUT2D eigenvalue weighted by Gasteiger charge is -2.11. The van der Waals surface area contributed by atoms with Gasteiger partial charge in [0.1, 0.15) is 5.75 Å². The molecule has 6 nitrogen and oxygen atoms in total. The van der Waals surface area contributed by atoms with Gasteiger partial charge in [-0.2, -0.15) is 5.10 Å². The summed E-state index contributed by atoms with van der Waals surface area (Å²) in [6.45, 7) is 5.26. The number of nitrogens with zero attached hydrogens (tertiary/aromatic N) is 1. The van der Waals surface area contributed by atoms with E-state index in [1.807, 2.05) is 32.0 Å². The van der Waals surface area contributed by atoms with E-state index in [1.54, 1.807) is 31.5 Å². The Hall–Kier alpha value is -2.54. The van der Waals surface area contributed by atoms with Crippen molar-refractivity contribution in [1.29, 1.82) is 0 Å². The second-order valence-corrected chi connectivity index (χ2v) is 6.86. The number of ether oxygens (including phenoxy) is 3. The zero-order valence-electron chi connectivity index (χ0n) is 16.3. The fraction of sp³-hybridized carbons (Fsp3) is 0.333. The highest BCUT2D eigenvalue weighted by atomic mass is 79.9. The molecule has 0 saturated carbocycles. The maximum atomic E-state index is 12.4. The molecule has 0 fully saturated rings. The largest absolute Gasteiger partial charge is 0.493 e. The molecule has 2 rings (SSSR count). The summed E-state index contributed by atoms with van der Waals surface area (Å²) >= 11 is 3.43. The van der Waals surface area contributed by atoms with E-state index >= 15 is 0 Å².